The molecule has 0 heterocycles. The maximum atomic E-state index is 13.0. The third-order valence-electron chi connectivity index (χ3n) is 3.23. The smallest absolute Gasteiger partial charge is 0.312 e. The van der Waals surface area contributed by atoms with Crippen LogP contribution in [0.25, 0.3) is 0 Å². The molecule has 8 heteroatoms. The Kier molecular flexibility index (Phi) is 6.27. The van der Waals surface area contributed by atoms with Crippen LogP contribution >= 0.6 is 0 Å². The number of carbonyl (C=O) groups excluding carboxylic acids is 2. The molecule has 3 amide bonds. The molecular formula is C17H17F2N3O3. The molecule has 6 nitrogen and oxygen atoms in total. The van der Waals surface area contributed by atoms with E-state index in [0.29, 0.717) is 5.56 Å². The van der Waals surface area contributed by atoms with Gasteiger partial charge in [0.2, 0.25) is 0 Å². The van der Waals surface area contributed by atoms with Crippen molar-refractivity contribution in [2.75, 3.05) is 13.2 Å². The minimum absolute atomic E-state index is 0.109. The van der Waals surface area contributed by atoms with Gasteiger partial charge in [-0.2, -0.15) is 0 Å². The molecule has 0 saturated heterocycles. The van der Waals surface area contributed by atoms with Crippen molar-refractivity contribution in [3.05, 3.63) is 65.2 Å². The van der Waals surface area contributed by atoms with Gasteiger partial charge in [-0.15, -0.1) is 0 Å². The molecule has 0 unspecified atom stereocenters. The van der Waals surface area contributed by atoms with Gasteiger partial charge in [0.05, 0.1) is 6.54 Å². The highest BCUT2D eigenvalue weighted by Gasteiger charge is 2.06. The Bertz CT molecular complexity index is 751. The first-order valence-electron chi connectivity index (χ1n) is 7.44. The summed E-state index contributed by atoms with van der Waals surface area (Å²) < 4.78 is 31.0. The van der Waals surface area contributed by atoms with Crippen LogP contribution in [0.15, 0.2) is 42.5 Å². The van der Waals surface area contributed by atoms with E-state index in [4.69, 9.17) is 10.5 Å². The third-order valence-corrected chi connectivity index (χ3v) is 3.23. The monoisotopic (exact) mass is 349 g/mol. The first-order valence-corrected chi connectivity index (χ1v) is 7.44. The van der Waals surface area contributed by atoms with Gasteiger partial charge in [-0.1, -0.05) is 12.1 Å². The van der Waals surface area contributed by atoms with E-state index in [1.807, 2.05) is 0 Å². The number of amides is 3. The van der Waals surface area contributed by atoms with Gasteiger partial charge >= 0.3 is 6.03 Å². The van der Waals surface area contributed by atoms with Crippen molar-refractivity contribution in [2.24, 2.45) is 5.73 Å². The molecule has 0 aromatic heterocycles. The van der Waals surface area contributed by atoms with Gasteiger partial charge in [0.1, 0.15) is 12.4 Å². The molecule has 0 radical (unpaired) electrons. The van der Waals surface area contributed by atoms with Gasteiger partial charge in [-0.05, 0) is 29.8 Å². The quantitative estimate of drug-likeness (QED) is 0.667. The molecule has 132 valence electrons. The molecule has 2 aromatic rings. The van der Waals surface area contributed by atoms with E-state index in [-0.39, 0.29) is 31.4 Å². The van der Waals surface area contributed by atoms with Crippen LogP contribution in [0.1, 0.15) is 15.9 Å². The number of halogens is 2. The second-order valence-corrected chi connectivity index (χ2v) is 5.10. The zero-order valence-electron chi connectivity index (χ0n) is 13.2. The summed E-state index contributed by atoms with van der Waals surface area (Å²) in [5.41, 5.74) is 6.22. The molecule has 0 bridgehead atoms. The summed E-state index contributed by atoms with van der Waals surface area (Å²) in [5, 5.41) is 5.09. The van der Waals surface area contributed by atoms with Crippen LogP contribution in [0.4, 0.5) is 13.6 Å². The summed E-state index contributed by atoms with van der Waals surface area (Å²) >= 11 is 0. The number of rotatable bonds is 7. The molecule has 4 N–H and O–H groups in total. The van der Waals surface area contributed by atoms with E-state index in [2.05, 4.69) is 10.6 Å². The minimum atomic E-state index is -0.993. The molecule has 2 rings (SSSR count). The van der Waals surface area contributed by atoms with Crippen LogP contribution in [0.3, 0.4) is 0 Å². The topological polar surface area (TPSA) is 93.5 Å². The highest BCUT2D eigenvalue weighted by Crippen LogP contribution is 2.15. The molecule has 0 fully saturated rings. The lowest BCUT2D eigenvalue weighted by Crippen LogP contribution is -2.29. The summed E-state index contributed by atoms with van der Waals surface area (Å²) in [7, 11) is 0. The molecule has 0 aliphatic rings. The van der Waals surface area contributed by atoms with Crippen LogP contribution in [0, 0.1) is 11.6 Å². The molecule has 0 spiro atoms. The molecule has 2 aromatic carbocycles. The SMILES string of the molecule is NC(=O)NCc1ccc(C(=O)NCCOc2ccc(F)c(F)c2)cc1. The van der Waals surface area contributed by atoms with E-state index < -0.39 is 17.7 Å². The summed E-state index contributed by atoms with van der Waals surface area (Å²) in [5.74, 6) is -2.06. The number of urea groups is 1. The number of ether oxygens (including phenoxy) is 1. The Morgan fingerprint density at radius 2 is 1.72 bits per heavy atom. The predicted octanol–water partition coefficient (Wildman–Crippen LogP) is 1.94. The molecule has 0 aliphatic carbocycles. The zero-order valence-corrected chi connectivity index (χ0v) is 13.2. The van der Waals surface area contributed by atoms with Crippen molar-refractivity contribution in [3.63, 3.8) is 0 Å². The van der Waals surface area contributed by atoms with E-state index in [9.17, 15) is 18.4 Å². The number of nitrogens with one attached hydrogen (secondary N) is 2. The molecule has 0 aliphatic heterocycles. The summed E-state index contributed by atoms with van der Waals surface area (Å²) in [4.78, 5) is 22.6. The lowest BCUT2D eigenvalue weighted by atomic mass is 10.1. The van der Waals surface area contributed by atoms with Crippen LogP contribution < -0.4 is 21.1 Å². The highest BCUT2D eigenvalue weighted by atomic mass is 19.2. The van der Waals surface area contributed by atoms with Gasteiger partial charge in [-0.25, -0.2) is 13.6 Å². The largest absolute Gasteiger partial charge is 0.492 e. The van der Waals surface area contributed by atoms with Crippen molar-refractivity contribution in [2.45, 2.75) is 6.54 Å². The van der Waals surface area contributed by atoms with Crippen molar-refractivity contribution < 1.29 is 23.1 Å². The summed E-state index contributed by atoms with van der Waals surface area (Å²) in [6.07, 6.45) is 0. The fourth-order valence-corrected chi connectivity index (χ4v) is 1.97. The van der Waals surface area contributed by atoms with Crippen molar-refractivity contribution in [1.29, 1.82) is 0 Å². The molecule has 25 heavy (non-hydrogen) atoms. The van der Waals surface area contributed by atoms with Gasteiger partial charge in [0.15, 0.2) is 11.6 Å². The Balaban J connectivity index is 1.76. The van der Waals surface area contributed by atoms with Crippen molar-refractivity contribution >= 4 is 11.9 Å². The standard InChI is InChI=1S/C17H17F2N3O3/c18-14-6-5-13(9-15(14)19)25-8-7-21-16(23)12-3-1-11(2-4-12)10-22-17(20)24/h1-6,9H,7-8,10H2,(H,21,23)(H3,20,22,24). The summed E-state index contributed by atoms with van der Waals surface area (Å²) in [6.45, 7) is 0.583. The Hall–Kier alpha value is -3.16. The number of hydrogen-bond acceptors (Lipinski definition) is 3. The highest BCUT2D eigenvalue weighted by molar-refractivity contribution is 5.94. The second kappa shape index (κ2) is 8.62. The van der Waals surface area contributed by atoms with Gasteiger partial charge < -0.3 is 21.1 Å². The van der Waals surface area contributed by atoms with Crippen LogP contribution in [-0.2, 0) is 6.54 Å². The van der Waals surface area contributed by atoms with E-state index >= 15 is 0 Å². The molecular weight excluding hydrogens is 332 g/mol. The van der Waals surface area contributed by atoms with Crippen LogP contribution in [-0.4, -0.2) is 25.1 Å². The Morgan fingerprint density at radius 3 is 2.36 bits per heavy atom. The zero-order chi connectivity index (χ0) is 18.2. The lowest BCUT2D eigenvalue weighted by Gasteiger charge is -2.09. The van der Waals surface area contributed by atoms with Crippen molar-refractivity contribution in [1.82, 2.24) is 10.6 Å². The van der Waals surface area contributed by atoms with E-state index in [1.165, 1.54) is 6.07 Å². The Labute approximate surface area is 143 Å². The van der Waals surface area contributed by atoms with Crippen LogP contribution in [0.5, 0.6) is 5.75 Å². The van der Waals surface area contributed by atoms with Crippen LogP contribution in [0.2, 0.25) is 0 Å². The maximum absolute atomic E-state index is 13.0. The molecule has 0 atom stereocenters. The minimum Gasteiger partial charge on any atom is -0.492 e. The van der Waals surface area contributed by atoms with Crippen molar-refractivity contribution in [3.8, 4) is 5.75 Å². The number of primary amides is 1. The average Bonchev–Trinajstić information content (AvgIpc) is 2.60. The first kappa shape index (κ1) is 18.2. The van der Waals surface area contributed by atoms with Gasteiger partial charge in [-0.3, -0.25) is 4.79 Å². The fraction of sp³-hybridized carbons (Fsp3) is 0.176. The number of nitrogens with two attached hydrogens (primary N) is 1. The van der Waals surface area contributed by atoms with Gasteiger partial charge in [0.25, 0.3) is 5.91 Å². The number of carbonyl (C=O) groups is 2. The fourth-order valence-electron chi connectivity index (χ4n) is 1.97. The maximum Gasteiger partial charge on any atom is 0.312 e. The Morgan fingerprint density at radius 1 is 1.00 bits per heavy atom. The second-order valence-electron chi connectivity index (χ2n) is 5.10. The third kappa shape index (κ3) is 5.76. The van der Waals surface area contributed by atoms with E-state index in [1.54, 1.807) is 24.3 Å². The normalized spacial score (nSPS) is 10.2. The van der Waals surface area contributed by atoms with Gasteiger partial charge in [0, 0.05) is 18.2 Å². The number of hydrogen-bond donors (Lipinski definition) is 3. The lowest BCUT2D eigenvalue weighted by molar-refractivity contribution is 0.0947. The first-order chi connectivity index (χ1) is 12.0. The average molecular weight is 349 g/mol. The predicted molar refractivity (Wildman–Crippen MR) is 87.1 cm³/mol. The molecule has 0 saturated carbocycles. The van der Waals surface area contributed by atoms with E-state index in [0.717, 1.165) is 17.7 Å². The summed E-state index contributed by atoms with van der Waals surface area (Å²) in [6, 6.07) is 9.22. The number of benzene rings is 2.